The van der Waals surface area contributed by atoms with Gasteiger partial charge in [0.05, 0.1) is 13.2 Å². The average Bonchev–Trinajstić information content (AvgIpc) is 2.80. The Bertz CT molecular complexity index is 883. The molecule has 2 saturated heterocycles. The minimum atomic E-state index is 0.0767. The van der Waals surface area contributed by atoms with Gasteiger partial charge in [-0.25, -0.2) is 0 Å². The molecule has 0 aliphatic carbocycles. The lowest BCUT2D eigenvalue weighted by molar-refractivity contribution is 0.0341. The number of nitrogens with zero attached hydrogens (tertiary/aromatic N) is 3. The lowest BCUT2D eigenvalue weighted by Gasteiger charge is -2.36. The number of piperazine rings is 1. The normalized spacial score (nSPS) is 17.8. The topological polar surface area (TPSA) is 53.1 Å². The summed E-state index contributed by atoms with van der Waals surface area (Å²) >= 11 is 0. The fourth-order valence-corrected chi connectivity index (χ4v) is 4.08. The Balaban J connectivity index is 1.34. The van der Waals surface area contributed by atoms with Crippen LogP contribution in [0.25, 0.3) is 0 Å². The van der Waals surface area contributed by atoms with Crippen molar-refractivity contribution in [2.45, 2.75) is 13.5 Å². The largest absolute Gasteiger partial charge is 0.379 e. The highest BCUT2D eigenvalue weighted by molar-refractivity contribution is 5.95. The molecule has 30 heavy (non-hydrogen) atoms. The fourth-order valence-electron chi connectivity index (χ4n) is 4.08. The smallest absolute Gasteiger partial charge is 0.253 e. The van der Waals surface area contributed by atoms with E-state index in [2.05, 4.69) is 15.9 Å². The Labute approximate surface area is 178 Å². The van der Waals surface area contributed by atoms with Gasteiger partial charge in [0.25, 0.3) is 5.91 Å². The van der Waals surface area contributed by atoms with Gasteiger partial charge in [-0.3, -0.25) is 14.5 Å². The Kier molecular flexibility index (Phi) is 6.45. The molecule has 6 nitrogen and oxygen atoms in total. The molecule has 2 aliphatic heterocycles. The van der Waals surface area contributed by atoms with Gasteiger partial charge in [0.2, 0.25) is 0 Å². The fraction of sp³-hybridized carbons (Fsp3) is 0.417. The second-order valence-corrected chi connectivity index (χ2v) is 7.97. The molecule has 2 aromatic rings. The van der Waals surface area contributed by atoms with Crippen molar-refractivity contribution in [1.29, 1.82) is 0 Å². The number of morpholine rings is 1. The number of Topliss-reactive ketones (excluding diaryl/α,β-unsaturated/α-hetero) is 1. The van der Waals surface area contributed by atoms with E-state index in [1.54, 1.807) is 6.92 Å². The number of anilines is 1. The van der Waals surface area contributed by atoms with Crippen molar-refractivity contribution in [2.24, 2.45) is 0 Å². The number of hydrogen-bond donors (Lipinski definition) is 0. The molecule has 158 valence electrons. The number of carbonyl (C=O) groups excluding carboxylic acids is 2. The maximum absolute atomic E-state index is 13.0. The zero-order valence-corrected chi connectivity index (χ0v) is 17.5. The predicted molar refractivity (Wildman–Crippen MR) is 117 cm³/mol. The predicted octanol–water partition coefficient (Wildman–Crippen LogP) is 2.68. The lowest BCUT2D eigenvalue weighted by atomic mass is 10.1. The minimum Gasteiger partial charge on any atom is -0.379 e. The summed E-state index contributed by atoms with van der Waals surface area (Å²) in [5, 5.41) is 0. The van der Waals surface area contributed by atoms with E-state index >= 15 is 0 Å². The molecule has 0 saturated carbocycles. The Morgan fingerprint density at radius 3 is 2.23 bits per heavy atom. The first kappa shape index (κ1) is 20.6. The van der Waals surface area contributed by atoms with Gasteiger partial charge in [-0.05, 0) is 48.9 Å². The van der Waals surface area contributed by atoms with Gasteiger partial charge in [0.1, 0.15) is 0 Å². The second-order valence-electron chi connectivity index (χ2n) is 7.97. The number of rotatable bonds is 5. The molecule has 2 fully saturated rings. The molecule has 0 aromatic heterocycles. The van der Waals surface area contributed by atoms with Crippen LogP contribution < -0.4 is 4.90 Å². The van der Waals surface area contributed by atoms with Crippen LogP contribution >= 0.6 is 0 Å². The van der Waals surface area contributed by atoms with Gasteiger partial charge in [0.15, 0.2) is 5.78 Å². The quantitative estimate of drug-likeness (QED) is 0.714. The third kappa shape index (κ3) is 4.89. The molecule has 0 unspecified atom stereocenters. The maximum Gasteiger partial charge on any atom is 0.253 e. The summed E-state index contributed by atoms with van der Waals surface area (Å²) in [6.45, 7) is 8.84. The zero-order valence-electron chi connectivity index (χ0n) is 17.5. The highest BCUT2D eigenvalue weighted by atomic mass is 16.5. The Hall–Kier alpha value is -2.70. The molecule has 0 atom stereocenters. The number of amides is 1. The van der Waals surface area contributed by atoms with Gasteiger partial charge >= 0.3 is 0 Å². The molecule has 2 aliphatic rings. The van der Waals surface area contributed by atoms with Crippen LogP contribution in [0.1, 0.15) is 33.2 Å². The van der Waals surface area contributed by atoms with E-state index in [4.69, 9.17) is 4.74 Å². The molecule has 0 radical (unpaired) electrons. The molecule has 0 N–H and O–H groups in total. The molecule has 0 spiro atoms. The standard InChI is InChI=1S/C24H29N3O3/c1-19(28)21-5-7-23(8-6-21)26-9-11-27(12-10-26)24(29)22-4-2-3-20(17-22)18-25-13-15-30-16-14-25/h2-8,17H,9-16,18H2,1H3. The highest BCUT2D eigenvalue weighted by Crippen LogP contribution is 2.19. The van der Waals surface area contributed by atoms with Crippen LogP contribution in [-0.2, 0) is 11.3 Å². The molecule has 2 heterocycles. The molecular formula is C24H29N3O3. The van der Waals surface area contributed by atoms with Crippen molar-refractivity contribution in [2.75, 3.05) is 57.4 Å². The van der Waals surface area contributed by atoms with Crippen molar-refractivity contribution in [1.82, 2.24) is 9.80 Å². The van der Waals surface area contributed by atoms with E-state index in [1.807, 2.05) is 47.4 Å². The van der Waals surface area contributed by atoms with Gasteiger partial charge in [-0.1, -0.05) is 12.1 Å². The number of ketones is 1. The van der Waals surface area contributed by atoms with Gasteiger partial charge in [-0.2, -0.15) is 0 Å². The number of hydrogen-bond acceptors (Lipinski definition) is 5. The molecule has 2 aromatic carbocycles. The maximum atomic E-state index is 13.0. The van der Waals surface area contributed by atoms with Crippen LogP contribution in [0, 0.1) is 0 Å². The highest BCUT2D eigenvalue weighted by Gasteiger charge is 2.23. The summed E-state index contributed by atoms with van der Waals surface area (Å²) in [5.41, 5.74) is 3.76. The van der Waals surface area contributed by atoms with E-state index in [9.17, 15) is 9.59 Å². The number of carbonyl (C=O) groups is 2. The summed E-state index contributed by atoms with van der Waals surface area (Å²) in [6.07, 6.45) is 0. The second kappa shape index (κ2) is 9.41. The van der Waals surface area contributed by atoms with E-state index in [1.165, 1.54) is 5.56 Å². The van der Waals surface area contributed by atoms with Crippen LogP contribution in [0.15, 0.2) is 48.5 Å². The average molecular weight is 408 g/mol. The third-order valence-corrected chi connectivity index (χ3v) is 5.89. The summed E-state index contributed by atoms with van der Waals surface area (Å²) in [6, 6.07) is 15.7. The first-order chi connectivity index (χ1) is 14.6. The third-order valence-electron chi connectivity index (χ3n) is 5.89. The monoisotopic (exact) mass is 407 g/mol. The summed E-state index contributed by atoms with van der Waals surface area (Å²) in [4.78, 5) is 31.1. The van der Waals surface area contributed by atoms with Crippen molar-refractivity contribution >= 4 is 17.4 Å². The van der Waals surface area contributed by atoms with Crippen LogP contribution in [-0.4, -0.2) is 74.0 Å². The van der Waals surface area contributed by atoms with Crippen molar-refractivity contribution < 1.29 is 14.3 Å². The first-order valence-corrected chi connectivity index (χ1v) is 10.6. The van der Waals surface area contributed by atoms with Crippen molar-refractivity contribution in [3.05, 3.63) is 65.2 Å². The van der Waals surface area contributed by atoms with Crippen LogP contribution in [0.5, 0.6) is 0 Å². The summed E-state index contributed by atoms with van der Waals surface area (Å²) in [5.74, 6) is 0.179. The SMILES string of the molecule is CC(=O)c1ccc(N2CCN(C(=O)c3cccc(CN4CCOCC4)c3)CC2)cc1. The van der Waals surface area contributed by atoms with Gasteiger partial charge in [0, 0.05) is 62.6 Å². The molecule has 1 amide bonds. The summed E-state index contributed by atoms with van der Waals surface area (Å²) in [7, 11) is 0. The van der Waals surface area contributed by atoms with E-state index < -0.39 is 0 Å². The van der Waals surface area contributed by atoms with Gasteiger partial charge in [-0.15, -0.1) is 0 Å². The summed E-state index contributed by atoms with van der Waals surface area (Å²) < 4.78 is 5.41. The van der Waals surface area contributed by atoms with Crippen molar-refractivity contribution in [3.8, 4) is 0 Å². The Morgan fingerprint density at radius 2 is 1.57 bits per heavy atom. The van der Waals surface area contributed by atoms with Crippen LogP contribution in [0.2, 0.25) is 0 Å². The molecule has 4 rings (SSSR count). The Morgan fingerprint density at radius 1 is 0.867 bits per heavy atom. The number of benzene rings is 2. The lowest BCUT2D eigenvalue weighted by Crippen LogP contribution is -2.48. The van der Waals surface area contributed by atoms with Crippen LogP contribution in [0.4, 0.5) is 5.69 Å². The minimum absolute atomic E-state index is 0.0767. The number of ether oxygens (including phenoxy) is 1. The van der Waals surface area contributed by atoms with E-state index in [-0.39, 0.29) is 11.7 Å². The molecule has 6 heteroatoms. The van der Waals surface area contributed by atoms with E-state index in [0.29, 0.717) is 13.1 Å². The molecule has 0 bridgehead atoms. The van der Waals surface area contributed by atoms with Crippen LogP contribution in [0.3, 0.4) is 0 Å². The van der Waals surface area contributed by atoms with Crippen molar-refractivity contribution in [3.63, 3.8) is 0 Å². The molecular weight excluding hydrogens is 378 g/mol. The first-order valence-electron chi connectivity index (χ1n) is 10.6. The van der Waals surface area contributed by atoms with E-state index in [0.717, 1.165) is 62.8 Å². The zero-order chi connectivity index (χ0) is 20.9. The van der Waals surface area contributed by atoms with Gasteiger partial charge < -0.3 is 14.5 Å².